The molecule has 23 heavy (non-hydrogen) atoms. The minimum absolute atomic E-state index is 0.0172. The van der Waals surface area contributed by atoms with Gasteiger partial charge in [-0.05, 0) is 30.3 Å². The van der Waals surface area contributed by atoms with Gasteiger partial charge in [-0.25, -0.2) is 0 Å². The van der Waals surface area contributed by atoms with E-state index < -0.39 is 18.4 Å². The maximum Gasteiger partial charge on any atom is 0.387 e. The lowest BCUT2D eigenvalue weighted by molar-refractivity contribution is -0.0512. The lowest BCUT2D eigenvalue weighted by Crippen LogP contribution is -2.41. The fourth-order valence-corrected chi connectivity index (χ4v) is 1.66. The number of methoxy groups -OCH3 is 1. The van der Waals surface area contributed by atoms with Crippen LogP contribution in [0.15, 0.2) is 41.0 Å². The standard InChI is InChI=1S/C14H12F2N2O5/c1-21-11-7-8(4-5-9(11)23-14(15)16)12(19)17-18-13(20)10-3-2-6-22-10/h2-7,14H,1H3,(H,17,19)(H,18,20). The quantitative estimate of drug-likeness (QED) is 0.820. The number of carbonyl (C=O) groups excluding carboxylic acids is 2. The number of hydrogen-bond donors (Lipinski definition) is 2. The maximum atomic E-state index is 12.2. The Bertz CT molecular complexity index is 688. The smallest absolute Gasteiger partial charge is 0.387 e. The summed E-state index contributed by atoms with van der Waals surface area (Å²) in [5.41, 5.74) is 4.37. The number of carbonyl (C=O) groups is 2. The van der Waals surface area contributed by atoms with Gasteiger partial charge in [0.1, 0.15) is 0 Å². The first-order valence-electron chi connectivity index (χ1n) is 6.28. The van der Waals surface area contributed by atoms with Crippen molar-refractivity contribution in [2.75, 3.05) is 7.11 Å². The molecule has 2 aromatic rings. The number of rotatable bonds is 5. The largest absolute Gasteiger partial charge is 0.493 e. The van der Waals surface area contributed by atoms with Gasteiger partial charge in [-0.15, -0.1) is 0 Å². The third-order valence-corrected chi connectivity index (χ3v) is 2.68. The molecular weight excluding hydrogens is 314 g/mol. The van der Waals surface area contributed by atoms with E-state index in [1.807, 2.05) is 0 Å². The summed E-state index contributed by atoms with van der Waals surface area (Å²) in [6, 6.07) is 6.54. The van der Waals surface area contributed by atoms with Crippen molar-refractivity contribution in [1.29, 1.82) is 0 Å². The number of halogens is 2. The molecule has 0 saturated heterocycles. The minimum atomic E-state index is -3.02. The highest BCUT2D eigenvalue weighted by Crippen LogP contribution is 2.29. The summed E-state index contributed by atoms with van der Waals surface area (Å²) < 4.78 is 38.4. The highest BCUT2D eigenvalue weighted by Gasteiger charge is 2.15. The predicted octanol–water partition coefficient (Wildman–Crippen LogP) is 1.96. The highest BCUT2D eigenvalue weighted by atomic mass is 19.3. The van der Waals surface area contributed by atoms with Gasteiger partial charge in [-0.1, -0.05) is 0 Å². The average molecular weight is 326 g/mol. The summed E-state index contributed by atoms with van der Waals surface area (Å²) in [6.45, 7) is -3.02. The van der Waals surface area contributed by atoms with Crippen molar-refractivity contribution in [2.24, 2.45) is 0 Å². The van der Waals surface area contributed by atoms with Crippen molar-refractivity contribution in [2.45, 2.75) is 6.61 Å². The Hall–Kier alpha value is -3.10. The second-order valence-electron chi connectivity index (χ2n) is 4.13. The van der Waals surface area contributed by atoms with Crippen molar-refractivity contribution < 1.29 is 32.3 Å². The van der Waals surface area contributed by atoms with Crippen LogP contribution in [0.25, 0.3) is 0 Å². The number of nitrogens with one attached hydrogen (secondary N) is 2. The molecule has 0 aliphatic carbocycles. The van der Waals surface area contributed by atoms with Crippen LogP contribution in [0, 0.1) is 0 Å². The van der Waals surface area contributed by atoms with Gasteiger partial charge in [0.2, 0.25) is 0 Å². The van der Waals surface area contributed by atoms with Crippen LogP contribution >= 0.6 is 0 Å². The van der Waals surface area contributed by atoms with Crippen LogP contribution in [0.5, 0.6) is 11.5 Å². The Morgan fingerprint density at radius 1 is 1.13 bits per heavy atom. The zero-order valence-corrected chi connectivity index (χ0v) is 11.8. The van der Waals surface area contributed by atoms with Gasteiger partial charge >= 0.3 is 12.5 Å². The zero-order chi connectivity index (χ0) is 16.8. The van der Waals surface area contributed by atoms with Gasteiger partial charge < -0.3 is 13.9 Å². The van der Waals surface area contributed by atoms with Crippen molar-refractivity contribution in [3.05, 3.63) is 47.9 Å². The molecule has 9 heteroatoms. The summed E-state index contributed by atoms with van der Waals surface area (Å²) in [5, 5.41) is 0. The molecule has 1 heterocycles. The number of furan rings is 1. The Labute approximate surface area is 129 Å². The lowest BCUT2D eigenvalue weighted by atomic mass is 10.2. The van der Waals surface area contributed by atoms with E-state index in [1.165, 1.54) is 37.6 Å². The number of hydrogen-bond acceptors (Lipinski definition) is 5. The number of alkyl halides is 2. The van der Waals surface area contributed by atoms with Crippen LogP contribution in [0.3, 0.4) is 0 Å². The average Bonchev–Trinajstić information content (AvgIpc) is 3.06. The monoisotopic (exact) mass is 326 g/mol. The molecule has 7 nitrogen and oxygen atoms in total. The topological polar surface area (TPSA) is 89.8 Å². The van der Waals surface area contributed by atoms with E-state index in [0.29, 0.717) is 0 Å². The second kappa shape index (κ2) is 7.25. The maximum absolute atomic E-state index is 12.2. The normalized spacial score (nSPS) is 10.3. The van der Waals surface area contributed by atoms with Crippen LogP contribution in [0.2, 0.25) is 0 Å². The van der Waals surface area contributed by atoms with Crippen molar-refractivity contribution in [3.63, 3.8) is 0 Å². The predicted molar refractivity (Wildman–Crippen MR) is 73.3 cm³/mol. The molecule has 0 fully saturated rings. The van der Waals surface area contributed by atoms with E-state index in [9.17, 15) is 18.4 Å². The molecule has 2 amide bonds. The van der Waals surface area contributed by atoms with E-state index >= 15 is 0 Å². The van der Waals surface area contributed by atoms with E-state index in [1.54, 1.807) is 0 Å². The summed E-state index contributed by atoms with van der Waals surface area (Å²) in [6.07, 6.45) is 1.31. The number of amides is 2. The Morgan fingerprint density at radius 3 is 2.48 bits per heavy atom. The van der Waals surface area contributed by atoms with Gasteiger partial charge in [0.25, 0.3) is 5.91 Å². The van der Waals surface area contributed by atoms with Crippen LogP contribution in [0.1, 0.15) is 20.9 Å². The third-order valence-electron chi connectivity index (χ3n) is 2.68. The first kappa shape index (κ1) is 16.3. The summed E-state index contributed by atoms with van der Waals surface area (Å²) in [4.78, 5) is 23.5. The first-order chi connectivity index (χ1) is 11.0. The molecule has 2 N–H and O–H groups in total. The van der Waals surface area contributed by atoms with E-state index in [2.05, 4.69) is 15.6 Å². The van der Waals surface area contributed by atoms with Crippen LogP contribution < -0.4 is 20.3 Å². The van der Waals surface area contributed by atoms with Gasteiger partial charge in [-0.3, -0.25) is 20.4 Å². The first-order valence-corrected chi connectivity index (χ1v) is 6.28. The number of hydrazine groups is 1. The Kier molecular flexibility index (Phi) is 5.13. The van der Waals surface area contributed by atoms with Crippen molar-refractivity contribution >= 4 is 11.8 Å². The molecule has 1 aromatic carbocycles. The van der Waals surface area contributed by atoms with Crippen molar-refractivity contribution in [1.82, 2.24) is 10.9 Å². The minimum Gasteiger partial charge on any atom is -0.493 e. The van der Waals surface area contributed by atoms with E-state index in [-0.39, 0.29) is 22.8 Å². The number of benzene rings is 1. The molecule has 0 bridgehead atoms. The highest BCUT2D eigenvalue weighted by molar-refractivity contribution is 5.98. The molecular formula is C14H12F2N2O5. The fourth-order valence-electron chi connectivity index (χ4n) is 1.66. The van der Waals surface area contributed by atoms with Crippen LogP contribution in [-0.2, 0) is 0 Å². The van der Waals surface area contributed by atoms with Crippen molar-refractivity contribution in [3.8, 4) is 11.5 Å². The molecule has 0 radical (unpaired) electrons. The summed E-state index contributed by atoms with van der Waals surface area (Å²) in [5.74, 6) is -1.56. The molecule has 2 rings (SSSR count). The molecule has 122 valence electrons. The van der Waals surface area contributed by atoms with E-state index in [4.69, 9.17) is 9.15 Å². The van der Waals surface area contributed by atoms with Gasteiger partial charge in [0.05, 0.1) is 13.4 Å². The molecule has 1 aromatic heterocycles. The fraction of sp³-hybridized carbons (Fsp3) is 0.143. The van der Waals surface area contributed by atoms with Crippen LogP contribution in [0.4, 0.5) is 8.78 Å². The SMILES string of the molecule is COc1cc(C(=O)NNC(=O)c2ccco2)ccc1OC(F)F. The molecule has 0 saturated carbocycles. The van der Waals surface area contributed by atoms with Gasteiger partial charge in [-0.2, -0.15) is 8.78 Å². The molecule has 0 aliphatic heterocycles. The Morgan fingerprint density at radius 2 is 1.87 bits per heavy atom. The summed E-state index contributed by atoms with van der Waals surface area (Å²) >= 11 is 0. The van der Waals surface area contributed by atoms with Gasteiger partial charge in [0.15, 0.2) is 17.3 Å². The Balaban J connectivity index is 2.03. The third kappa shape index (κ3) is 4.19. The zero-order valence-electron chi connectivity index (χ0n) is 11.8. The molecule has 0 atom stereocenters. The van der Waals surface area contributed by atoms with Crippen LogP contribution in [-0.4, -0.2) is 25.5 Å². The molecule has 0 unspecified atom stereocenters. The number of ether oxygens (including phenoxy) is 2. The lowest BCUT2D eigenvalue weighted by Gasteiger charge is -2.11. The van der Waals surface area contributed by atoms with Gasteiger partial charge in [0, 0.05) is 5.56 Å². The molecule has 0 spiro atoms. The second-order valence-corrected chi connectivity index (χ2v) is 4.13. The molecule has 0 aliphatic rings. The summed E-state index contributed by atoms with van der Waals surface area (Å²) in [7, 11) is 1.24. The van der Waals surface area contributed by atoms with E-state index in [0.717, 1.165) is 6.07 Å².